The molecular formula is C43H86N6O4S. The molecule has 8 fully saturated rings. The second-order valence-corrected chi connectivity index (χ2v) is 21.0. The summed E-state index contributed by atoms with van der Waals surface area (Å²) < 4.78 is 34.0. The van der Waals surface area contributed by atoms with Crippen LogP contribution >= 0.6 is 0 Å². The average molecular weight is 783 g/mol. The molecule has 0 amide bonds. The average Bonchev–Trinajstić information content (AvgIpc) is 3.58. The van der Waals surface area contributed by atoms with Crippen LogP contribution in [-0.4, -0.2) is 177 Å². The van der Waals surface area contributed by atoms with Gasteiger partial charge in [-0.15, -0.1) is 0 Å². The molecule has 6 bridgehead atoms. The molecule has 11 heteroatoms. The van der Waals surface area contributed by atoms with E-state index in [-0.39, 0.29) is 0 Å². The highest BCUT2D eigenvalue weighted by atomic mass is 32.2. The third kappa shape index (κ3) is 13.9. The number of piperazine rings is 1. The summed E-state index contributed by atoms with van der Waals surface area (Å²) in [4.78, 5) is 12.7. The lowest BCUT2D eigenvalue weighted by molar-refractivity contribution is -0.0871. The van der Waals surface area contributed by atoms with Crippen molar-refractivity contribution in [2.45, 2.75) is 200 Å². The summed E-state index contributed by atoms with van der Waals surface area (Å²) >= 11 is 0. The minimum absolute atomic E-state index is 0.309. The molecule has 0 aliphatic carbocycles. The van der Waals surface area contributed by atoms with Crippen molar-refractivity contribution in [2.75, 3.05) is 77.2 Å². The van der Waals surface area contributed by atoms with Crippen molar-refractivity contribution >= 4 is 9.84 Å². The second kappa shape index (κ2) is 22.7. The Morgan fingerprint density at radius 1 is 0.444 bits per heavy atom. The fourth-order valence-corrected chi connectivity index (χ4v) is 12.6. The molecule has 0 spiro atoms. The molecule has 0 radical (unpaired) electrons. The van der Waals surface area contributed by atoms with Crippen molar-refractivity contribution in [1.82, 2.24) is 29.8 Å². The van der Waals surface area contributed by atoms with Crippen LogP contribution in [0, 0.1) is 0 Å². The summed E-state index contributed by atoms with van der Waals surface area (Å²) in [7, 11) is -2.73. The molecular weight excluding hydrogens is 697 g/mol. The van der Waals surface area contributed by atoms with Crippen molar-refractivity contribution in [3.63, 3.8) is 0 Å². The number of sulfone groups is 1. The SMILES string of the molecule is CC(C)N1C2CCC1COC2.CC(C)N1C2CCC1CS(=O)(=O)C2.CC(C)N1C2CCCC1COC2.CC(C)N1CCCCC1.CC(C)N1CCNCC1. The number of hydrogen-bond donors (Lipinski definition) is 1. The van der Waals surface area contributed by atoms with Crippen LogP contribution in [0.1, 0.15) is 133 Å². The number of hydrogen-bond acceptors (Lipinski definition) is 10. The second-order valence-electron chi connectivity index (χ2n) is 18.9. The van der Waals surface area contributed by atoms with Crippen LogP contribution in [0.4, 0.5) is 0 Å². The van der Waals surface area contributed by atoms with Crippen molar-refractivity contribution in [3.05, 3.63) is 0 Å². The zero-order valence-corrected chi connectivity index (χ0v) is 37.5. The Kier molecular flexibility index (Phi) is 19.5. The Morgan fingerprint density at radius 3 is 1.13 bits per heavy atom. The van der Waals surface area contributed by atoms with Crippen LogP contribution in [0.5, 0.6) is 0 Å². The van der Waals surface area contributed by atoms with Crippen LogP contribution in [0.25, 0.3) is 0 Å². The van der Waals surface area contributed by atoms with E-state index >= 15 is 0 Å². The molecule has 8 heterocycles. The molecule has 0 aromatic heterocycles. The van der Waals surface area contributed by atoms with E-state index in [4.69, 9.17) is 9.47 Å². The van der Waals surface area contributed by atoms with Crippen LogP contribution in [0.3, 0.4) is 0 Å². The lowest BCUT2D eigenvalue weighted by Crippen LogP contribution is -2.57. The predicted molar refractivity (Wildman–Crippen MR) is 226 cm³/mol. The molecule has 0 aromatic rings. The van der Waals surface area contributed by atoms with Crippen molar-refractivity contribution in [3.8, 4) is 0 Å². The molecule has 318 valence electrons. The smallest absolute Gasteiger partial charge is 0.153 e. The maximum absolute atomic E-state index is 11.5. The summed E-state index contributed by atoms with van der Waals surface area (Å²) in [5.41, 5.74) is 0. The molecule has 10 nitrogen and oxygen atoms in total. The third-order valence-electron chi connectivity index (χ3n) is 13.2. The van der Waals surface area contributed by atoms with Gasteiger partial charge in [-0.1, -0.05) is 12.8 Å². The van der Waals surface area contributed by atoms with E-state index in [0.717, 1.165) is 88.6 Å². The van der Waals surface area contributed by atoms with Crippen LogP contribution in [-0.2, 0) is 19.3 Å². The Balaban J connectivity index is 0.000000152. The molecule has 8 saturated heterocycles. The molecule has 0 aromatic carbocycles. The maximum Gasteiger partial charge on any atom is 0.153 e. The number of ether oxygens (including phenoxy) is 2. The van der Waals surface area contributed by atoms with Crippen molar-refractivity contribution in [1.29, 1.82) is 0 Å². The first-order valence-corrected chi connectivity index (χ1v) is 24.4. The van der Waals surface area contributed by atoms with E-state index < -0.39 is 9.84 Å². The molecule has 6 atom stereocenters. The van der Waals surface area contributed by atoms with Gasteiger partial charge in [-0.2, -0.15) is 0 Å². The van der Waals surface area contributed by atoms with Gasteiger partial charge in [-0.25, -0.2) is 8.42 Å². The van der Waals surface area contributed by atoms with Gasteiger partial charge in [0.2, 0.25) is 0 Å². The zero-order valence-electron chi connectivity index (χ0n) is 36.7. The van der Waals surface area contributed by atoms with Gasteiger partial charge < -0.3 is 19.7 Å². The fourth-order valence-electron chi connectivity index (χ4n) is 10.7. The summed E-state index contributed by atoms with van der Waals surface area (Å²) in [5.74, 6) is 0.781. The standard InChI is InChI=1S/C10H19NO.C9H17NO2S.C9H17NO.C8H17N.C7H16N2/c1-8(2)11-9-4-3-5-10(11)7-12-6-9;1-7(2)10-8-3-4-9(10)6-13(11,12)5-8;1-7(2)10-8-3-4-9(10)6-11-5-8;1-8(2)9-6-4-3-5-7-9;1-7(2)9-5-3-8-4-6-9/h8-10H,3-7H2,1-2H3;7-9H,3-6H2,1-2H3;7-9H,3-6H2,1-2H3;8H,3-7H2,1-2H3;7-8H,3-6H2,1-2H3. The normalized spacial score (nSPS) is 33.0. The topological polar surface area (TPSA) is 80.8 Å². The molecule has 54 heavy (non-hydrogen) atoms. The lowest BCUT2D eigenvalue weighted by Gasteiger charge is -2.48. The highest BCUT2D eigenvalue weighted by Crippen LogP contribution is 2.33. The number of nitrogens with zero attached hydrogens (tertiary/aromatic N) is 5. The first-order chi connectivity index (χ1) is 25.7. The molecule has 1 N–H and O–H groups in total. The molecule has 8 aliphatic heterocycles. The number of piperidine rings is 2. The summed E-state index contributed by atoms with van der Waals surface area (Å²) in [6.07, 6.45) is 13.2. The third-order valence-corrected chi connectivity index (χ3v) is 15.0. The minimum Gasteiger partial charge on any atom is -0.378 e. The quantitative estimate of drug-likeness (QED) is 0.373. The van der Waals surface area contributed by atoms with E-state index in [1.54, 1.807) is 0 Å². The van der Waals surface area contributed by atoms with Gasteiger partial charge in [0, 0.05) is 92.6 Å². The van der Waals surface area contributed by atoms with Crippen LogP contribution in [0.2, 0.25) is 0 Å². The molecule has 6 unspecified atom stereocenters. The highest BCUT2D eigenvalue weighted by molar-refractivity contribution is 7.91. The lowest BCUT2D eigenvalue weighted by atomic mass is 9.93. The minimum atomic E-state index is -2.73. The fraction of sp³-hybridized carbons (Fsp3) is 1.00. The van der Waals surface area contributed by atoms with Gasteiger partial charge >= 0.3 is 0 Å². The maximum atomic E-state index is 11.5. The summed E-state index contributed by atoms with van der Waals surface area (Å²) in [6.45, 7) is 33.9. The predicted octanol–water partition coefficient (Wildman–Crippen LogP) is 5.74. The van der Waals surface area contributed by atoms with E-state index in [0.29, 0.717) is 41.7 Å². The Bertz CT molecular complexity index is 1060. The number of nitrogens with one attached hydrogen (secondary N) is 1. The van der Waals surface area contributed by atoms with Gasteiger partial charge in [0.25, 0.3) is 0 Å². The Morgan fingerprint density at radius 2 is 0.796 bits per heavy atom. The Hall–Kier alpha value is -0.370. The van der Waals surface area contributed by atoms with Gasteiger partial charge in [-0.05, 0) is 134 Å². The molecule has 0 saturated carbocycles. The summed E-state index contributed by atoms with van der Waals surface area (Å²) in [5, 5.41) is 3.33. The first-order valence-electron chi connectivity index (χ1n) is 22.6. The van der Waals surface area contributed by atoms with Crippen molar-refractivity contribution < 1.29 is 17.9 Å². The number of morpholine rings is 2. The molecule has 8 aliphatic rings. The van der Waals surface area contributed by atoms with Gasteiger partial charge in [0.05, 0.1) is 37.9 Å². The first kappa shape index (κ1) is 46.3. The number of likely N-dealkylation sites (tertiary alicyclic amines) is 1. The van der Waals surface area contributed by atoms with E-state index in [2.05, 4.69) is 99.1 Å². The van der Waals surface area contributed by atoms with E-state index in [1.165, 1.54) is 77.5 Å². The van der Waals surface area contributed by atoms with Crippen molar-refractivity contribution in [2.24, 2.45) is 0 Å². The van der Waals surface area contributed by atoms with Crippen LogP contribution in [0.15, 0.2) is 0 Å². The van der Waals surface area contributed by atoms with Crippen LogP contribution < -0.4 is 5.32 Å². The van der Waals surface area contributed by atoms with E-state index in [1.807, 2.05) is 0 Å². The zero-order chi connectivity index (χ0) is 39.4. The largest absolute Gasteiger partial charge is 0.378 e. The summed E-state index contributed by atoms with van der Waals surface area (Å²) in [6, 6.07) is 6.91. The highest BCUT2D eigenvalue weighted by Gasteiger charge is 2.44. The van der Waals surface area contributed by atoms with Gasteiger partial charge in [-0.3, -0.25) is 19.6 Å². The van der Waals surface area contributed by atoms with E-state index in [9.17, 15) is 8.42 Å². The Labute approximate surface area is 333 Å². The number of fused-ring (bicyclic) bond motifs is 6. The van der Waals surface area contributed by atoms with Gasteiger partial charge in [0.1, 0.15) is 0 Å². The molecule has 8 rings (SSSR count). The number of rotatable bonds is 5. The monoisotopic (exact) mass is 783 g/mol. The van der Waals surface area contributed by atoms with Gasteiger partial charge in [0.15, 0.2) is 9.84 Å².